The van der Waals surface area contributed by atoms with Gasteiger partial charge in [0.2, 0.25) is 11.8 Å². The van der Waals surface area contributed by atoms with E-state index in [1.807, 2.05) is 5.32 Å². The average Bonchev–Trinajstić information content (AvgIpc) is 2.23. The van der Waals surface area contributed by atoms with Crippen molar-refractivity contribution in [1.82, 2.24) is 5.32 Å². The lowest BCUT2D eigenvalue weighted by atomic mass is 10.1. The number of carbonyl (C=O) groups excluding carboxylic acids is 3. The quantitative estimate of drug-likeness (QED) is 0.742. The van der Waals surface area contributed by atoms with E-state index in [0.29, 0.717) is 10.5 Å². The van der Waals surface area contributed by atoms with Crippen molar-refractivity contribution in [2.24, 2.45) is 0 Å². The first-order valence-electron chi connectivity index (χ1n) is 4.92. The topological polar surface area (TPSA) is 66.5 Å². The first-order chi connectivity index (χ1) is 8.00. The molecule has 0 saturated carbocycles. The average molecular weight is 236 g/mol. The Balaban J connectivity index is 2.46. The minimum absolute atomic E-state index is 0.139. The molecule has 4 amide bonds. The van der Waals surface area contributed by atoms with E-state index in [-0.39, 0.29) is 5.69 Å². The highest BCUT2D eigenvalue weighted by Gasteiger charge is 2.33. The Morgan fingerprint density at radius 3 is 2.65 bits per heavy atom. The van der Waals surface area contributed by atoms with Gasteiger partial charge in [0.15, 0.2) is 0 Å². The van der Waals surface area contributed by atoms with Crippen LogP contribution in [0.3, 0.4) is 0 Å². The van der Waals surface area contributed by atoms with Crippen LogP contribution in [-0.2, 0) is 9.59 Å². The molecule has 1 fully saturated rings. The number of rotatable bonds is 1. The lowest BCUT2D eigenvalue weighted by Crippen LogP contribution is -2.53. The summed E-state index contributed by atoms with van der Waals surface area (Å²) < 4.78 is 13.8. The molecule has 0 aliphatic carbocycles. The molecule has 0 spiro atoms. The Morgan fingerprint density at radius 2 is 2.00 bits per heavy atom. The van der Waals surface area contributed by atoms with Crippen molar-refractivity contribution in [2.75, 3.05) is 4.90 Å². The van der Waals surface area contributed by atoms with Gasteiger partial charge in [-0.15, -0.1) is 0 Å². The van der Waals surface area contributed by atoms with Gasteiger partial charge in [-0.25, -0.2) is 14.1 Å². The predicted molar refractivity (Wildman–Crippen MR) is 56.8 cm³/mol. The molecular formula is C11H9FN2O3. The number of anilines is 1. The zero-order valence-electron chi connectivity index (χ0n) is 8.99. The maximum Gasteiger partial charge on any atom is 0.335 e. The molecule has 2 rings (SSSR count). The Labute approximate surface area is 96.2 Å². The third-order valence-electron chi connectivity index (χ3n) is 2.42. The van der Waals surface area contributed by atoms with E-state index in [1.165, 1.54) is 25.1 Å². The summed E-state index contributed by atoms with van der Waals surface area (Å²) in [6.45, 7) is 1.52. The van der Waals surface area contributed by atoms with E-state index in [0.717, 1.165) is 0 Å². The van der Waals surface area contributed by atoms with Crippen LogP contribution >= 0.6 is 0 Å². The number of amides is 4. The molecule has 1 aliphatic heterocycles. The fourth-order valence-corrected chi connectivity index (χ4v) is 1.60. The minimum Gasteiger partial charge on any atom is -0.277 e. The molecule has 5 nitrogen and oxygen atoms in total. The number of carbonyl (C=O) groups is 3. The number of nitrogens with one attached hydrogen (secondary N) is 1. The van der Waals surface area contributed by atoms with E-state index >= 15 is 0 Å². The molecule has 17 heavy (non-hydrogen) atoms. The second-order valence-electron chi connectivity index (χ2n) is 3.67. The fraction of sp³-hybridized carbons (Fsp3) is 0.182. The van der Waals surface area contributed by atoms with Crippen molar-refractivity contribution in [3.05, 3.63) is 29.6 Å². The summed E-state index contributed by atoms with van der Waals surface area (Å²) in [5, 5.41) is 1.97. The highest BCUT2D eigenvalue weighted by molar-refractivity contribution is 6.26. The van der Waals surface area contributed by atoms with E-state index in [9.17, 15) is 18.8 Å². The Morgan fingerprint density at radius 1 is 1.29 bits per heavy atom. The monoisotopic (exact) mass is 236 g/mol. The van der Waals surface area contributed by atoms with Crippen molar-refractivity contribution in [1.29, 1.82) is 0 Å². The number of urea groups is 1. The molecule has 88 valence electrons. The maximum atomic E-state index is 13.8. The van der Waals surface area contributed by atoms with Gasteiger partial charge < -0.3 is 0 Å². The highest BCUT2D eigenvalue weighted by Crippen LogP contribution is 2.23. The second kappa shape index (κ2) is 3.97. The molecule has 6 heteroatoms. The number of benzene rings is 1. The van der Waals surface area contributed by atoms with Crippen LogP contribution in [0.4, 0.5) is 14.9 Å². The Kier molecular flexibility index (Phi) is 2.63. The van der Waals surface area contributed by atoms with Gasteiger partial charge in [-0.1, -0.05) is 12.1 Å². The van der Waals surface area contributed by atoms with Gasteiger partial charge in [-0.05, 0) is 18.6 Å². The molecule has 1 aromatic carbocycles. The lowest BCUT2D eigenvalue weighted by Gasteiger charge is -2.25. The number of barbiturate groups is 1. The summed E-state index contributed by atoms with van der Waals surface area (Å²) in [5.41, 5.74) is 0.181. The summed E-state index contributed by atoms with van der Waals surface area (Å²) in [5.74, 6) is -2.06. The van der Waals surface area contributed by atoms with Crippen LogP contribution in [0.2, 0.25) is 0 Å². The van der Waals surface area contributed by atoms with E-state index in [2.05, 4.69) is 0 Å². The summed E-state index contributed by atoms with van der Waals surface area (Å²) >= 11 is 0. The van der Waals surface area contributed by atoms with Crippen LogP contribution in [0.5, 0.6) is 0 Å². The van der Waals surface area contributed by atoms with Crippen molar-refractivity contribution in [3.8, 4) is 0 Å². The number of aryl methyl sites for hydroxylation is 1. The van der Waals surface area contributed by atoms with Gasteiger partial charge in [-0.3, -0.25) is 14.9 Å². The smallest absolute Gasteiger partial charge is 0.277 e. The third-order valence-corrected chi connectivity index (χ3v) is 2.42. The van der Waals surface area contributed by atoms with Crippen LogP contribution < -0.4 is 10.2 Å². The summed E-state index contributed by atoms with van der Waals surface area (Å²) in [6.07, 6.45) is -0.459. The van der Waals surface area contributed by atoms with Crippen LogP contribution in [0.15, 0.2) is 18.2 Å². The van der Waals surface area contributed by atoms with Crippen LogP contribution in [-0.4, -0.2) is 17.8 Å². The fourth-order valence-electron chi connectivity index (χ4n) is 1.60. The largest absolute Gasteiger partial charge is 0.335 e. The Bertz CT molecular complexity index is 507. The summed E-state index contributed by atoms with van der Waals surface area (Å²) in [4.78, 5) is 34.6. The minimum atomic E-state index is -0.921. The van der Waals surface area contributed by atoms with Gasteiger partial charge in [0, 0.05) is 0 Å². The molecule has 1 heterocycles. The first-order valence-corrected chi connectivity index (χ1v) is 4.92. The van der Waals surface area contributed by atoms with Gasteiger partial charge >= 0.3 is 6.03 Å². The Hall–Kier alpha value is -2.24. The number of nitrogens with zero attached hydrogens (tertiary/aromatic N) is 1. The number of hydrogen-bond acceptors (Lipinski definition) is 3. The first kappa shape index (κ1) is 11.3. The van der Waals surface area contributed by atoms with E-state index in [1.54, 1.807) is 0 Å². The molecule has 1 aromatic rings. The van der Waals surface area contributed by atoms with Gasteiger partial charge in [0.1, 0.15) is 12.2 Å². The summed E-state index contributed by atoms with van der Waals surface area (Å²) in [6, 6.07) is 3.45. The molecule has 1 N–H and O–H groups in total. The SMILES string of the molecule is Cc1cccc(N2C(=O)CC(=O)NC2=O)c1F. The van der Waals surface area contributed by atoms with E-state index < -0.39 is 30.1 Å². The van der Waals surface area contributed by atoms with Crippen LogP contribution in [0.1, 0.15) is 12.0 Å². The number of hydrogen-bond donors (Lipinski definition) is 1. The molecule has 0 aromatic heterocycles. The summed E-state index contributed by atoms with van der Waals surface area (Å²) in [7, 11) is 0. The molecule has 1 saturated heterocycles. The van der Waals surface area contributed by atoms with Crippen molar-refractivity contribution < 1.29 is 18.8 Å². The lowest BCUT2D eigenvalue weighted by molar-refractivity contribution is -0.128. The number of imide groups is 2. The molecule has 1 aliphatic rings. The second-order valence-corrected chi connectivity index (χ2v) is 3.67. The standard InChI is InChI=1S/C11H9FN2O3/c1-6-3-2-4-7(10(6)12)14-9(16)5-8(15)13-11(14)17/h2-4H,5H2,1H3,(H,13,15,17). The van der Waals surface area contributed by atoms with Crippen molar-refractivity contribution in [2.45, 2.75) is 13.3 Å². The predicted octanol–water partition coefficient (Wildman–Crippen LogP) is 1.11. The van der Waals surface area contributed by atoms with Gasteiger partial charge in [-0.2, -0.15) is 0 Å². The van der Waals surface area contributed by atoms with Crippen LogP contribution in [0.25, 0.3) is 0 Å². The van der Waals surface area contributed by atoms with Crippen LogP contribution in [0, 0.1) is 12.7 Å². The normalized spacial score (nSPS) is 16.1. The molecule has 0 bridgehead atoms. The van der Waals surface area contributed by atoms with Gasteiger partial charge in [0.05, 0.1) is 5.69 Å². The molecule has 0 radical (unpaired) electrons. The zero-order chi connectivity index (χ0) is 12.6. The van der Waals surface area contributed by atoms with Crippen molar-refractivity contribution in [3.63, 3.8) is 0 Å². The zero-order valence-corrected chi connectivity index (χ0v) is 8.99. The van der Waals surface area contributed by atoms with Crippen molar-refractivity contribution >= 4 is 23.5 Å². The highest BCUT2D eigenvalue weighted by atomic mass is 19.1. The van der Waals surface area contributed by atoms with E-state index in [4.69, 9.17) is 0 Å². The molecule has 0 atom stereocenters. The maximum absolute atomic E-state index is 13.8. The molecular weight excluding hydrogens is 227 g/mol. The third kappa shape index (κ3) is 1.89. The number of halogens is 1. The molecule has 0 unspecified atom stereocenters. The van der Waals surface area contributed by atoms with Gasteiger partial charge in [0.25, 0.3) is 0 Å².